The van der Waals surface area contributed by atoms with Gasteiger partial charge >= 0.3 is 0 Å². The van der Waals surface area contributed by atoms with Crippen LogP contribution in [0.2, 0.25) is 0 Å². The third-order valence-electron chi connectivity index (χ3n) is 4.36. The Morgan fingerprint density at radius 1 is 1.07 bits per heavy atom. The molecule has 0 saturated carbocycles. The van der Waals surface area contributed by atoms with Gasteiger partial charge < -0.3 is 10.6 Å². The summed E-state index contributed by atoms with van der Waals surface area (Å²) in [5, 5.41) is 10.9. The standard InChI is InChI=1S/C21H25N5O2/c1-12(2)10-18(27)23-15-6-8-16(9-7-15)24-21(28)17-11-13(3)22-20-19(17)14(4)25-26(20)5/h6-9,11-12H,10H2,1-5H3,(H,23,27)(H,24,28). The van der Waals surface area contributed by atoms with Crippen LogP contribution in [0.5, 0.6) is 0 Å². The molecule has 7 nitrogen and oxygen atoms in total. The van der Waals surface area contributed by atoms with Crippen molar-refractivity contribution < 1.29 is 9.59 Å². The third-order valence-corrected chi connectivity index (χ3v) is 4.36. The number of fused-ring (bicyclic) bond motifs is 1. The molecule has 2 N–H and O–H groups in total. The van der Waals surface area contributed by atoms with Crippen LogP contribution in [-0.2, 0) is 11.8 Å². The molecule has 0 aliphatic rings. The van der Waals surface area contributed by atoms with E-state index in [1.807, 2.05) is 34.7 Å². The molecular formula is C21H25N5O2. The van der Waals surface area contributed by atoms with Gasteiger partial charge in [0.15, 0.2) is 5.65 Å². The van der Waals surface area contributed by atoms with Crippen molar-refractivity contribution in [2.45, 2.75) is 34.1 Å². The van der Waals surface area contributed by atoms with E-state index in [2.05, 4.69) is 20.7 Å². The second-order valence-electron chi connectivity index (χ2n) is 7.40. The van der Waals surface area contributed by atoms with Crippen molar-refractivity contribution in [3.8, 4) is 0 Å². The molecule has 0 atom stereocenters. The Bertz CT molecular complexity index is 1040. The molecule has 3 rings (SSSR count). The zero-order chi connectivity index (χ0) is 20.4. The summed E-state index contributed by atoms with van der Waals surface area (Å²) in [6.07, 6.45) is 0.473. The molecule has 7 heteroatoms. The fourth-order valence-corrected chi connectivity index (χ4v) is 3.17. The number of aromatic nitrogens is 3. The number of aryl methyl sites for hydroxylation is 3. The zero-order valence-corrected chi connectivity index (χ0v) is 16.8. The summed E-state index contributed by atoms with van der Waals surface area (Å²) < 4.78 is 1.68. The Labute approximate surface area is 164 Å². The lowest BCUT2D eigenvalue weighted by Crippen LogP contribution is -2.15. The lowest BCUT2D eigenvalue weighted by atomic mass is 10.1. The van der Waals surface area contributed by atoms with Crippen LogP contribution < -0.4 is 10.6 Å². The maximum atomic E-state index is 12.9. The Hall–Kier alpha value is -3.22. The van der Waals surface area contributed by atoms with Crippen molar-refractivity contribution in [1.82, 2.24) is 14.8 Å². The third kappa shape index (κ3) is 4.19. The van der Waals surface area contributed by atoms with Crippen LogP contribution in [0.1, 0.15) is 42.0 Å². The second-order valence-corrected chi connectivity index (χ2v) is 7.40. The van der Waals surface area contributed by atoms with Gasteiger partial charge in [0.25, 0.3) is 5.91 Å². The molecule has 2 heterocycles. The van der Waals surface area contributed by atoms with E-state index in [9.17, 15) is 9.59 Å². The van der Waals surface area contributed by atoms with Crippen molar-refractivity contribution in [2.75, 3.05) is 10.6 Å². The molecule has 2 amide bonds. The number of hydrogen-bond acceptors (Lipinski definition) is 4. The molecule has 0 aliphatic carbocycles. The first kappa shape index (κ1) is 19.5. The second kappa shape index (κ2) is 7.80. The largest absolute Gasteiger partial charge is 0.326 e. The molecule has 28 heavy (non-hydrogen) atoms. The van der Waals surface area contributed by atoms with Gasteiger partial charge in [-0.15, -0.1) is 0 Å². The van der Waals surface area contributed by atoms with Crippen molar-refractivity contribution >= 4 is 34.2 Å². The Kier molecular flexibility index (Phi) is 5.44. The molecule has 0 fully saturated rings. The highest BCUT2D eigenvalue weighted by molar-refractivity contribution is 6.12. The molecule has 0 bridgehead atoms. The lowest BCUT2D eigenvalue weighted by molar-refractivity contribution is -0.116. The topological polar surface area (TPSA) is 88.9 Å². The van der Waals surface area contributed by atoms with Crippen molar-refractivity contribution in [3.63, 3.8) is 0 Å². The molecule has 2 aromatic heterocycles. The predicted molar refractivity (Wildman–Crippen MR) is 110 cm³/mol. The van der Waals surface area contributed by atoms with E-state index in [1.54, 1.807) is 35.0 Å². The van der Waals surface area contributed by atoms with E-state index in [1.165, 1.54) is 0 Å². The molecule has 0 saturated heterocycles. The Morgan fingerprint density at radius 3 is 2.29 bits per heavy atom. The smallest absolute Gasteiger partial charge is 0.256 e. The monoisotopic (exact) mass is 379 g/mol. The van der Waals surface area contributed by atoms with E-state index in [4.69, 9.17) is 0 Å². The number of nitrogens with zero attached hydrogens (tertiary/aromatic N) is 3. The van der Waals surface area contributed by atoms with Crippen LogP contribution in [0.3, 0.4) is 0 Å². The van der Waals surface area contributed by atoms with Gasteiger partial charge in [0, 0.05) is 30.5 Å². The fourth-order valence-electron chi connectivity index (χ4n) is 3.17. The van der Waals surface area contributed by atoms with Crippen LogP contribution in [0.15, 0.2) is 30.3 Å². The first-order valence-corrected chi connectivity index (χ1v) is 9.27. The summed E-state index contributed by atoms with van der Waals surface area (Å²) in [5.74, 6) is 0.0619. The number of carbonyl (C=O) groups excluding carboxylic acids is 2. The van der Waals surface area contributed by atoms with E-state index < -0.39 is 0 Å². The summed E-state index contributed by atoms with van der Waals surface area (Å²) in [4.78, 5) is 29.2. The number of pyridine rings is 1. The molecular weight excluding hydrogens is 354 g/mol. The van der Waals surface area contributed by atoms with Gasteiger partial charge in [0.05, 0.1) is 16.6 Å². The predicted octanol–water partition coefficient (Wildman–Crippen LogP) is 3.82. The number of amides is 2. The number of rotatable bonds is 5. The zero-order valence-electron chi connectivity index (χ0n) is 16.8. The number of anilines is 2. The van der Waals surface area contributed by atoms with Gasteiger partial charge in [-0.25, -0.2) is 4.98 Å². The Balaban J connectivity index is 1.79. The van der Waals surface area contributed by atoms with E-state index >= 15 is 0 Å². The normalized spacial score (nSPS) is 11.1. The minimum Gasteiger partial charge on any atom is -0.326 e. The summed E-state index contributed by atoms with van der Waals surface area (Å²) in [7, 11) is 1.82. The first-order chi connectivity index (χ1) is 13.2. The lowest BCUT2D eigenvalue weighted by Gasteiger charge is -2.10. The summed E-state index contributed by atoms with van der Waals surface area (Å²) in [6.45, 7) is 7.72. The van der Waals surface area contributed by atoms with E-state index in [0.717, 1.165) is 16.8 Å². The highest BCUT2D eigenvalue weighted by atomic mass is 16.2. The number of hydrogen-bond donors (Lipinski definition) is 2. The first-order valence-electron chi connectivity index (χ1n) is 9.27. The highest BCUT2D eigenvalue weighted by Crippen LogP contribution is 2.23. The number of nitrogens with one attached hydrogen (secondary N) is 2. The van der Waals surface area contributed by atoms with Gasteiger partial charge in [-0.05, 0) is 50.1 Å². The molecule has 1 aromatic carbocycles. The highest BCUT2D eigenvalue weighted by Gasteiger charge is 2.18. The van der Waals surface area contributed by atoms with Crippen LogP contribution in [0.25, 0.3) is 11.0 Å². The average molecular weight is 379 g/mol. The summed E-state index contributed by atoms with van der Waals surface area (Å²) in [6, 6.07) is 8.86. The van der Waals surface area contributed by atoms with Crippen LogP contribution in [0, 0.1) is 19.8 Å². The van der Waals surface area contributed by atoms with Gasteiger partial charge in [-0.3, -0.25) is 14.3 Å². The molecule has 146 valence electrons. The van der Waals surface area contributed by atoms with Crippen molar-refractivity contribution in [1.29, 1.82) is 0 Å². The quantitative estimate of drug-likeness (QED) is 0.705. The molecule has 0 radical (unpaired) electrons. The van der Waals surface area contributed by atoms with Gasteiger partial charge in [0.2, 0.25) is 5.91 Å². The number of carbonyl (C=O) groups is 2. The average Bonchev–Trinajstić information content (AvgIpc) is 2.89. The minimum absolute atomic E-state index is 0.0199. The van der Waals surface area contributed by atoms with Crippen LogP contribution >= 0.6 is 0 Å². The molecule has 0 spiro atoms. The molecule has 0 aliphatic heterocycles. The maximum absolute atomic E-state index is 12.9. The van der Waals surface area contributed by atoms with Crippen LogP contribution in [0.4, 0.5) is 11.4 Å². The molecule has 0 unspecified atom stereocenters. The minimum atomic E-state index is -0.219. The summed E-state index contributed by atoms with van der Waals surface area (Å²) >= 11 is 0. The Morgan fingerprint density at radius 2 is 1.68 bits per heavy atom. The van der Waals surface area contributed by atoms with E-state index in [0.29, 0.717) is 34.9 Å². The molecule has 3 aromatic rings. The van der Waals surface area contributed by atoms with E-state index in [-0.39, 0.29) is 11.8 Å². The van der Waals surface area contributed by atoms with Gasteiger partial charge in [0.1, 0.15) is 0 Å². The SMILES string of the molecule is Cc1cc(C(=O)Nc2ccc(NC(=O)CC(C)C)cc2)c2c(C)nn(C)c2n1. The van der Waals surface area contributed by atoms with Gasteiger partial charge in [-0.2, -0.15) is 5.10 Å². The van der Waals surface area contributed by atoms with Crippen LogP contribution in [-0.4, -0.2) is 26.6 Å². The van der Waals surface area contributed by atoms with Gasteiger partial charge in [-0.1, -0.05) is 13.8 Å². The maximum Gasteiger partial charge on any atom is 0.256 e. The fraction of sp³-hybridized carbons (Fsp3) is 0.333. The number of benzene rings is 1. The van der Waals surface area contributed by atoms with Crippen molar-refractivity contribution in [3.05, 3.63) is 47.3 Å². The summed E-state index contributed by atoms with van der Waals surface area (Å²) in [5.41, 5.74) is 4.10. The van der Waals surface area contributed by atoms with Crippen molar-refractivity contribution in [2.24, 2.45) is 13.0 Å².